The topological polar surface area (TPSA) is 79.7 Å². The molecule has 0 saturated carbocycles. The number of nitrogens with zero attached hydrogens (tertiary/aromatic N) is 4. The molecule has 2 atom stereocenters. The number of hydrogen-bond donors (Lipinski definition) is 1. The molecule has 0 aliphatic carbocycles. The van der Waals surface area contributed by atoms with Crippen LogP contribution < -0.4 is 5.32 Å². The van der Waals surface area contributed by atoms with Gasteiger partial charge in [0.1, 0.15) is 0 Å². The van der Waals surface area contributed by atoms with Gasteiger partial charge in [-0.25, -0.2) is 0 Å². The van der Waals surface area contributed by atoms with Crippen molar-refractivity contribution in [3.8, 4) is 0 Å². The van der Waals surface area contributed by atoms with Crippen LogP contribution in [-0.4, -0.2) is 77.3 Å². The zero-order chi connectivity index (χ0) is 25.9. The van der Waals surface area contributed by atoms with Crippen LogP contribution >= 0.6 is 0 Å². The summed E-state index contributed by atoms with van der Waals surface area (Å²) in [6.45, 7) is 7.96. The minimum absolute atomic E-state index is 0.0558. The van der Waals surface area contributed by atoms with Gasteiger partial charge in [-0.1, -0.05) is 36.8 Å². The molecule has 194 valence electrons. The minimum Gasteiger partial charge on any atom is -0.374 e. The Balaban J connectivity index is 1.06. The number of hydrogen-bond acceptors (Lipinski definition) is 5. The molecule has 2 aromatic carbocycles. The van der Waals surface area contributed by atoms with Crippen molar-refractivity contribution >= 4 is 17.5 Å². The van der Waals surface area contributed by atoms with Crippen molar-refractivity contribution in [1.29, 1.82) is 0 Å². The second-order valence-electron chi connectivity index (χ2n) is 10.4. The molecule has 2 aliphatic heterocycles. The van der Waals surface area contributed by atoms with Gasteiger partial charge < -0.3 is 19.9 Å². The third-order valence-electron chi connectivity index (χ3n) is 7.36. The van der Waals surface area contributed by atoms with Crippen LogP contribution in [-0.2, 0) is 4.74 Å². The highest BCUT2D eigenvalue weighted by Crippen LogP contribution is 2.23. The summed E-state index contributed by atoms with van der Waals surface area (Å²) in [7, 11) is 2.11. The Labute approximate surface area is 218 Å². The van der Waals surface area contributed by atoms with E-state index in [1.807, 2.05) is 71.2 Å². The van der Waals surface area contributed by atoms with Gasteiger partial charge >= 0.3 is 0 Å². The monoisotopic (exact) mass is 501 g/mol. The van der Waals surface area contributed by atoms with Crippen LogP contribution in [0, 0.1) is 6.92 Å². The van der Waals surface area contributed by atoms with Gasteiger partial charge in [-0.15, -0.1) is 0 Å². The summed E-state index contributed by atoms with van der Waals surface area (Å²) >= 11 is 0. The lowest BCUT2D eigenvalue weighted by molar-refractivity contribution is -0.0458. The SMILES string of the molecule is Cc1ccc(C(=O)N2CC(OCC(C)c3ccc(C(=O)Nc4cnn(C5CCN(C)C5)c4)cc3)C2)cc1. The Kier molecular flexibility index (Phi) is 7.39. The molecule has 0 bridgehead atoms. The third-order valence-corrected chi connectivity index (χ3v) is 7.36. The average molecular weight is 502 g/mol. The number of ether oxygens (including phenoxy) is 1. The van der Waals surface area contributed by atoms with Gasteiger partial charge in [-0.2, -0.15) is 5.10 Å². The maximum atomic E-state index is 12.7. The normalized spacial score (nSPS) is 19.0. The van der Waals surface area contributed by atoms with Crippen LogP contribution in [0.3, 0.4) is 0 Å². The van der Waals surface area contributed by atoms with Crippen molar-refractivity contribution in [2.75, 3.05) is 45.2 Å². The van der Waals surface area contributed by atoms with Gasteiger partial charge in [0.15, 0.2) is 0 Å². The Morgan fingerprint density at radius 3 is 2.43 bits per heavy atom. The molecule has 2 unspecified atom stereocenters. The second-order valence-corrected chi connectivity index (χ2v) is 10.4. The molecule has 5 rings (SSSR count). The maximum Gasteiger partial charge on any atom is 0.255 e. The first-order valence-electron chi connectivity index (χ1n) is 13.0. The van der Waals surface area contributed by atoms with E-state index >= 15 is 0 Å². The summed E-state index contributed by atoms with van der Waals surface area (Å²) in [4.78, 5) is 29.4. The molecular weight excluding hydrogens is 466 g/mol. The lowest BCUT2D eigenvalue weighted by atomic mass is 10.00. The number of nitrogens with one attached hydrogen (secondary N) is 1. The van der Waals surface area contributed by atoms with Gasteiger partial charge in [0.05, 0.1) is 30.6 Å². The van der Waals surface area contributed by atoms with E-state index in [1.165, 1.54) is 0 Å². The molecule has 1 aromatic heterocycles. The van der Waals surface area contributed by atoms with E-state index in [2.05, 4.69) is 29.3 Å². The van der Waals surface area contributed by atoms with Crippen molar-refractivity contribution < 1.29 is 14.3 Å². The number of carbonyl (C=O) groups excluding carboxylic acids is 2. The van der Waals surface area contributed by atoms with Crippen molar-refractivity contribution in [3.63, 3.8) is 0 Å². The summed E-state index contributed by atoms with van der Waals surface area (Å²) in [6.07, 6.45) is 4.75. The van der Waals surface area contributed by atoms with E-state index in [4.69, 9.17) is 4.74 Å². The van der Waals surface area contributed by atoms with E-state index in [9.17, 15) is 9.59 Å². The first-order chi connectivity index (χ1) is 17.9. The number of anilines is 1. The van der Waals surface area contributed by atoms with Crippen LogP contribution in [0.5, 0.6) is 0 Å². The van der Waals surface area contributed by atoms with Crippen LogP contribution in [0.25, 0.3) is 0 Å². The highest BCUT2D eigenvalue weighted by Gasteiger charge is 2.32. The van der Waals surface area contributed by atoms with Gasteiger partial charge in [0.25, 0.3) is 11.8 Å². The largest absolute Gasteiger partial charge is 0.374 e. The highest BCUT2D eigenvalue weighted by atomic mass is 16.5. The van der Waals surface area contributed by atoms with Gasteiger partial charge in [0.2, 0.25) is 0 Å². The second kappa shape index (κ2) is 10.9. The molecular formula is C29H35N5O3. The molecule has 8 nitrogen and oxygen atoms in total. The first kappa shape index (κ1) is 25.2. The quantitative estimate of drug-likeness (QED) is 0.505. The van der Waals surface area contributed by atoms with Crippen LogP contribution in [0.15, 0.2) is 60.9 Å². The Bertz CT molecular complexity index is 1230. The fraction of sp³-hybridized carbons (Fsp3) is 0.414. The lowest BCUT2D eigenvalue weighted by Gasteiger charge is -2.39. The summed E-state index contributed by atoms with van der Waals surface area (Å²) in [5.74, 6) is 0.0911. The molecule has 2 saturated heterocycles. The number of carbonyl (C=O) groups is 2. The lowest BCUT2D eigenvalue weighted by Crippen LogP contribution is -2.55. The van der Waals surface area contributed by atoms with Crippen molar-refractivity contribution in [1.82, 2.24) is 19.6 Å². The summed E-state index contributed by atoms with van der Waals surface area (Å²) < 4.78 is 8.00. The molecule has 3 aromatic rings. The van der Waals surface area contributed by atoms with E-state index in [-0.39, 0.29) is 23.8 Å². The fourth-order valence-corrected chi connectivity index (χ4v) is 4.86. The van der Waals surface area contributed by atoms with Crippen LogP contribution in [0.4, 0.5) is 5.69 Å². The van der Waals surface area contributed by atoms with Crippen molar-refractivity contribution in [3.05, 3.63) is 83.2 Å². The summed E-state index contributed by atoms with van der Waals surface area (Å²) in [5, 5.41) is 7.39. The summed E-state index contributed by atoms with van der Waals surface area (Å²) in [5.41, 5.74) is 4.29. The average Bonchev–Trinajstić information content (AvgIpc) is 3.52. The number of aromatic nitrogens is 2. The van der Waals surface area contributed by atoms with E-state index < -0.39 is 0 Å². The Hall–Kier alpha value is -3.49. The van der Waals surface area contributed by atoms with Crippen LogP contribution in [0.1, 0.15) is 57.1 Å². The molecule has 1 N–H and O–H groups in total. The smallest absolute Gasteiger partial charge is 0.255 e. The molecule has 8 heteroatoms. The maximum absolute atomic E-state index is 12.7. The zero-order valence-electron chi connectivity index (χ0n) is 21.8. The van der Waals surface area contributed by atoms with Crippen molar-refractivity contribution in [2.45, 2.75) is 38.3 Å². The third kappa shape index (κ3) is 5.92. The van der Waals surface area contributed by atoms with E-state index in [1.54, 1.807) is 6.20 Å². The molecule has 2 amide bonds. The number of likely N-dealkylation sites (tertiary alicyclic amines) is 2. The Morgan fingerprint density at radius 2 is 1.76 bits per heavy atom. The number of amides is 2. The number of benzene rings is 2. The van der Waals surface area contributed by atoms with Gasteiger partial charge in [-0.3, -0.25) is 14.3 Å². The number of rotatable bonds is 8. The van der Waals surface area contributed by atoms with E-state index in [0.29, 0.717) is 37.0 Å². The number of likely N-dealkylation sites (N-methyl/N-ethyl adjacent to an activating group) is 1. The molecule has 37 heavy (non-hydrogen) atoms. The predicted molar refractivity (Wildman–Crippen MR) is 143 cm³/mol. The molecule has 0 radical (unpaired) electrons. The van der Waals surface area contributed by atoms with Gasteiger partial charge in [0, 0.05) is 42.9 Å². The minimum atomic E-state index is -0.147. The first-order valence-corrected chi connectivity index (χ1v) is 13.0. The zero-order valence-corrected chi connectivity index (χ0v) is 21.8. The summed E-state index contributed by atoms with van der Waals surface area (Å²) in [6, 6.07) is 15.7. The Morgan fingerprint density at radius 1 is 1.05 bits per heavy atom. The number of aryl methyl sites for hydroxylation is 1. The predicted octanol–water partition coefficient (Wildman–Crippen LogP) is 3.97. The van der Waals surface area contributed by atoms with Crippen LogP contribution in [0.2, 0.25) is 0 Å². The van der Waals surface area contributed by atoms with Crippen molar-refractivity contribution in [2.24, 2.45) is 0 Å². The molecule has 0 spiro atoms. The molecule has 2 fully saturated rings. The fourth-order valence-electron chi connectivity index (χ4n) is 4.86. The standard InChI is InChI=1S/C29H35N5O3/c1-20-4-6-24(7-5-20)29(36)33-17-27(18-33)37-19-21(2)22-8-10-23(11-9-22)28(35)31-25-14-30-34(15-25)26-12-13-32(3)16-26/h4-11,14-15,21,26-27H,12-13,16-19H2,1-3H3,(H,31,35). The highest BCUT2D eigenvalue weighted by molar-refractivity contribution is 6.04. The van der Waals surface area contributed by atoms with E-state index in [0.717, 1.165) is 36.2 Å². The molecule has 3 heterocycles. The van der Waals surface area contributed by atoms with Gasteiger partial charge in [-0.05, 0) is 56.8 Å². The molecule has 2 aliphatic rings.